The van der Waals surface area contributed by atoms with Crippen molar-refractivity contribution in [2.45, 2.75) is 18.7 Å². The van der Waals surface area contributed by atoms with Crippen LogP contribution >= 0.6 is 34.8 Å². The summed E-state index contributed by atoms with van der Waals surface area (Å²) in [6, 6.07) is 21.4. The highest BCUT2D eigenvalue weighted by Gasteiger charge is 2.42. The summed E-state index contributed by atoms with van der Waals surface area (Å²) in [6.07, 6.45) is 0.375. The summed E-state index contributed by atoms with van der Waals surface area (Å²) in [5.41, 5.74) is 4.00. The molecule has 2 aliphatic heterocycles. The molecule has 0 saturated carbocycles. The molecule has 3 nitrogen and oxygen atoms in total. The molecular formula is C22H15Cl3N2O. The van der Waals surface area contributed by atoms with E-state index in [1.165, 1.54) is 0 Å². The van der Waals surface area contributed by atoms with E-state index < -0.39 is 0 Å². The van der Waals surface area contributed by atoms with Crippen molar-refractivity contribution in [3.8, 4) is 5.75 Å². The van der Waals surface area contributed by atoms with Crippen LogP contribution in [0.3, 0.4) is 0 Å². The molecule has 0 unspecified atom stereocenters. The van der Waals surface area contributed by atoms with Crippen molar-refractivity contribution in [3.05, 3.63) is 98.5 Å². The molecule has 3 aromatic carbocycles. The molecule has 3 aromatic rings. The molecule has 0 amide bonds. The molecule has 2 heterocycles. The third-order valence-corrected chi connectivity index (χ3v) is 5.82. The third kappa shape index (κ3) is 3.04. The van der Waals surface area contributed by atoms with Crippen LogP contribution < -0.4 is 4.74 Å². The Hall–Kier alpha value is -2.20. The third-order valence-electron chi connectivity index (χ3n) is 5.07. The van der Waals surface area contributed by atoms with E-state index in [9.17, 15) is 0 Å². The lowest BCUT2D eigenvalue weighted by atomic mass is 9.96. The van der Waals surface area contributed by atoms with E-state index in [4.69, 9.17) is 44.6 Å². The van der Waals surface area contributed by atoms with E-state index >= 15 is 0 Å². The summed E-state index contributed by atoms with van der Waals surface area (Å²) in [4.78, 5) is 0. The number of benzene rings is 3. The first-order valence-electron chi connectivity index (χ1n) is 8.92. The summed E-state index contributed by atoms with van der Waals surface area (Å²) in [5, 5.41) is 8.74. The molecule has 140 valence electrons. The Bertz CT molecular complexity index is 1070. The molecule has 0 radical (unpaired) electrons. The monoisotopic (exact) mass is 428 g/mol. The van der Waals surface area contributed by atoms with Gasteiger partial charge in [-0.15, -0.1) is 0 Å². The van der Waals surface area contributed by atoms with Gasteiger partial charge in [0.2, 0.25) is 6.23 Å². The predicted molar refractivity (Wildman–Crippen MR) is 113 cm³/mol. The van der Waals surface area contributed by atoms with Crippen LogP contribution in [-0.2, 0) is 0 Å². The summed E-state index contributed by atoms with van der Waals surface area (Å²) in [7, 11) is 0. The zero-order valence-corrected chi connectivity index (χ0v) is 16.9. The zero-order chi connectivity index (χ0) is 19.3. The van der Waals surface area contributed by atoms with Gasteiger partial charge >= 0.3 is 0 Å². The number of hydrogen-bond donors (Lipinski definition) is 0. The first kappa shape index (κ1) is 17.9. The Morgan fingerprint density at radius 2 is 1.64 bits per heavy atom. The van der Waals surface area contributed by atoms with Crippen molar-refractivity contribution >= 4 is 40.5 Å². The van der Waals surface area contributed by atoms with Gasteiger partial charge in [0.15, 0.2) is 0 Å². The average Bonchev–Trinajstić information content (AvgIpc) is 3.14. The summed E-state index contributed by atoms with van der Waals surface area (Å²) < 4.78 is 6.33. The lowest BCUT2D eigenvalue weighted by Crippen LogP contribution is -2.33. The van der Waals surface area contributed by atoms with Gasteiger partial charge < -0.3 is 4.74 Å². The van der Waals surface area contributed by atoms with E-state index in [0.29, 0.717) is 20.8 Å². The lowest BCUT2D eigenvalue weighted by molar-refractivity contribution is -0.0189. The fourth-order valence-corrected chi connectivity index (χ4v) is 4.45. The van der Waals surface area contributed by atoms with Gasteiger partial charge in [0, 0.05) is 27.6 Å². The molecule has 0 saturated heterocycles. The van der Waals surface area contributed by atoms with Gasteiger partial charge in [-0.3, -0.25) is 0 Å². The van der Waals surface area contributed by atoms with Crippen molar-refractivity contribution in [2.24, 2.45) is 5.10 Å². The van der Waals surface area contributed by atoms with Crippen LogP contribution in [0.4, 0.5) is 0 Å². The Kier molecular flexibility index (Phi) is 4.47. The molecule has 6 heteroatoms. The molecule has 2 aliphatic rings. The van der Waals surface area contributed by atoms with Gasteiger partial charge in [0.1, 0.15) is 5.75 Å². The van der Waals surface area contributed by atoms with Gasteiger partial charge in [0.05, 0.1) is 16.8 Å². The largest absolute Gasteiger partial charge is 0.463 e. The average molecular weight is 430 g/mol. The Morgan fingerprint density at radius 1 is 0.893 bits per heavy atom. The lowest BCUT2D eigenvalue weighted by Gasteiger charge is -2.38. The molecule has 0 fully saturated rings. The second-order valence-corrected chi connectivity index (χ2v) is 8.12. The van der Waals surface area contributed by atoms with Crippen LogP contribution in [0.1, 0.15) is 35.4 Å². The van der Waals surface area contributed by atoms with Crippen LogP contribution in [-0.4, -0.2) is 10.7 Å². The first-order valence-corrected chi connectivity index (χ1v) is 10.1. The number of nitrogens with zero attached hydrogens (tertiary/aromatic N) is 2. The highest BCUT2D eigenvalue weighted by Crippen LogP contribution is 2.50. The molecule has 0 bridgehead atoms. The SMILES string of the molecule is Clc1ccc(C2=NN3[C@@H](c4ccccc4)Oc4c(Cl)cc(Cl)cc4[C@@H]3C2)cc1. The highest BCUT2D eigenvalue weighted by atomic mass is 35.5. The van der Waals surface area contributed by atoms with Crippen LogP contribution in [0.15, 0.2) is 71.8 Å². The summed E-state index contributed by atoms with van der Waals surface area (Å²) in [6.45, 7) is 0. The van der Waals surface area contributed by atoms with Crippen LogP contribution in [0.25, 0.3) is 0 Å². The Labute approximate surface area is 178 Å². The number of hydrogen-bond acceptors (Lipinski definition) is 3. The second-order valence-electron chi connectivity index (χ2n) is 6.84. The molecule has 2 atom stereocenters. The van der Waals surface area contributed by atoms with Crippen LogP contribution in [0.5, 0.6) is 5.75 Å². The van der Waals surface area contributed by atoms with E-state index in [2.05, 4.69) is 0 Å². The molecule has 0 N–H and O–H groups in total. The predicted octanol–water partition coefficient (Wildman–Crippen LogP) is 6.89. The maximum absolute atomic E-state index is 6.48. The fraction of sp³-hybridized carbons (Fsp3) is 0.136. The van der Waals surface area contributed by atoms with E-state index in [1.807, 2.05) is 65.7 Å². The van der Waals surface area contributed by atoms with Gasteiger partial charge in [-0.1, -0.05) is 77.3 Å². The minimum atomic E-state index is -0.359. The smallest absolute Gasteiger partial charge is 0.213 e. The number of ether oxygens (including phenoxy) is 1. The normalized spacial score (nSPS) is 20.2. The van der Waals surface area contributed by atoms with Crippen molar-refractivity contribution < 1.29 is 4.74 Å². The minimum absolute atomic E-state index is 0.00386. The van der Waals surface area contributed by atoms with Crippen molar-refractivity contribution in [1.82, 2.24) is 5.01 Å². The molecule has 28 heavy (non-hydrogen) atoms. The fourth-order valence-electron chi connectivity index (χ4n) is 3.77. The van der Waals surface area contributed by atoms with E-state index in [0.717, 1.165) is 28.8 Å². The maximum atomic E-state index is 6.48. The molecule has 0 aromatic heterocycles. The standard InChI is InChI=1S/C22H15Cl3N2O/c23-15-8-6-13(7-9-15)19-12-20-17-10-16(24)11-18(25)21(17)28-22(27(20)26-19)14-4-2-1-3-5-14/h1-11,20,22H,12H2/t20-,22+/m0/s1. The number of halogens is 3. The topological polar surface area (TPSA) is 24.8 Å². The van der Waals surface area contributed by atoms with Gasteiger partial charge in [-0.25, -0.2) is 5.01 Å². The van der Waals surface area contributed by atoms with E-state index in [1.54, 1.807) is 6.07 Å². The van der Waals surface area contributed by atoms with Crippen molar-refractivity contribution in [2.75, 3.05) is 0 Å². The van der Waals surface area contributed by atoms with Gasteiger partial charge in [-0.2, -0.15) is 5.10 Å². The maximum Gasteiger partial charge on any atom is 0.213 e. The Balaban J connectivity index is 1.63. The van der Waals surface area contributed by atoms with Crippen LogP contribution in [0.2, 0.25) is 15.1 Å². The molecule has 5 rings (SSSR count). The molecular weight excluding hydrogens is 415 g/mol. The van der Waals surface area contributed by atoms with Crippen LogP contribution in [0, 0.1) is 0 Å². The number of rotatable bonds is 2. The van der Waals surface area contributed by atoms with Crippen molar-refractivity contribution in [1.29, 1.82) is 0 Å². The number of hydrazone groups is 1. The van der Waals surface area contributed by atoms with E-state index in [-0.39, 0.29) is 12.3 Å². The summed E-state index contributed by atoms with van der Waals surface area (Å²) in [5.74, 6) is 0.675. The minimum Gasteiger partial charge on any atom is -0.463 e. The van der Waals surface area contributed by atoms with Gasteiger partial charge in [-0.05, 0) is 29.8 Å². The summed E-state index contributed by atoms with van der Waals surface area (Å²) >= 11 is 18.8. The second kappa shape index (κ2) is 7.00. The zero-order valence-electron chi connectivity index (χ0n) is 14.6. The molecule has 0 aliphatic carbocycles. The molecule has 0 spiro atoms. The Morgan fingerprint density at radius 3 is 2.39 bits per heavy atom. The quantitative estimate of drug-likeness (QED) is 0.443. The number of fused-ring (bicyclic) bond motifs is 3. The highest BCUT2D eigenvalue weighted by molar-refractivity contribution is 6.35. The van der Waals surface area contributed by atoms with Gasteiger partial charge in [0.25, 0.3) is 0 Å². The first-order chi connectivity index (χ1) is 13.6. The van der Waals surface area contributed by atoms with Crippen molar-refractivity contribution in [3.63, 3.8) is 0 Å².